The molecule has 0 unspecified atom stereocenters. The first-order valence-electron chi connectivity index (χ1n) is 3.96. The van der Waals surface area contributed by atoms with Gasteiger partial charge in [0.2, 0.25) is 0 Å². The van der Waals surface area contributed by atoms with Gasteiger partial charge < -0.3 is 4.74 Å². The van der Waals surface area contributed by atoms with E-state index >= 15 is 0 Å². The molecule has 1 aromatic rings. The number of benzene rings is 1. The molecule has 0 amide bonds. The fourth-order valence-electron chi connectivity index (χ4n) is 1.36. The second-order valence-electron chi connectivity index (χ2n) is 2.89. The third-order valence-corrected chi connectivity index (χ3v) is 2.01. The van der Waals surface area contributed by atoms with E-state index in [2.05, 4.69) is 32.6 Å². The van der Waals surface area contributed by atoms with Crippen LogP contribution in [-0.4, -0.2) is 7.11 Å². The monoisotopic (exact) mass is 162 g/mol. The van der Waals surface area contributed by atoms with Gasteiger partial charge in [0.25, 0.3) is 0 Å². The Bertz CT molecular complexity index is 280. The van der Waals surface area contributed by atoms with Gasteiger partial charge in [-0.1, -0.05) is 24.8 Å². The lowest BCUT2D eigenvalue weighted by molar-refractivity contribution is 0.371. The molecule has 0 radical (unpaired) electrons. The SMILES string of the molecule is C=C(OC)c1c(C)cccc1C. The number of hydrogen-bond acceptors (Lipinski definition) is 1. The Labute approximate surface area is 73.7 Å². The van der Waals surface area contributed by atoms with Crippen molar-refractivity contribution in [3.63, 3.8) is 0 Å². The summed E-state index contributed by atoms with van der Waals surface area (Å²) >= 11 is 0. The van der Waals surface area contributed by atoms with Gasteiger partial charge in [-0.3, -0.25) is 0 Å². The lowest BCUT2D eigenvalue weighted by Gasteiger charge is -2.10. The van der Waals surface area contributed by atoms with E-state index in [0.29, 0.717) is 0 Å². The van der Waals surface area contributed by atoms with E-state index in [1.165, 1.54) is 11.1 Å². The zero-order chi connectivity index (χ0) is 9.14. The van der Waals surface area contributed by atoms with E-state index in [1.807, 2.05) is 6.07 Å². The highest BCUT2D eigenvalue weighted by molar-refractivity contribution is 5.63. The number of aryl methyl sites for hydroxylation is 2. The second-order valence-corrected chi connectivity index (χ2v) is 2.89. The molecular weight excluding hydrogens is 148 g/mol. The smallest absolute Gasteiger partial charge is 0.119 e. The normalized spacial score (nSPS) is 9.58. The molecule has 1 aromatic carbocycles. The average Bonchev–Trinajstić information content (AvgIpc) is 2.03. The van der Waals surface area contributed by atoms with Crippen LogP contribution in [0.5, 0.6) is 0 Å². The van der Waals surface area contributed by atoms with Crippen molar-refractivity contribution in [1.29, 1.82) is 0 Å². The molecule has 0 aliphatic carbocycles. The average molecular weight is 162 g/mol. The van der Waals surface area contributed by atoms with Gasteiger partial charge in [0.1, 0.15) is 5.76 Å². The Kier molecular flexibility index (Phi) is 2.54. The lowest BCUT2D eigenvalue weighted by Crippen LogP contribution is -1.93. The summed E-state index contributed by atoms with van der Waals surface area (Å²) in [7, 11) is 1.65. The third-order valence-electron chi connectivity index (χ3n) is 2.01. The van der Waals surface area contributed by atoms with Gasteiger partial charge in [0.15, 0.2) is 0 Å². The standard InChI is InChI=1S/C11H14O/c1-8-6-5-7-9(2)11(8)10(3)12-4/h5-7H,3H2,1-2,4H3. The molecule has 0 aliphatic rings. The Hall–Kier alpha value is -1.24. The lowest BCUT2D eigenvalue weighted by atomic mass is 10.0. The molecule has 1 nitrogen and oxygen atoms in total. The Balaban J connectivity index is 3.21. The molecule has 0 bridgehead atoms. The summed E-state index contributed by atoms with van der Waals surface area (Å²) < 4.78 is 5.10. The number of ether oxygens (including phenoxy) is 1. The summed E-state index contributed by atoms with van der Waals surface area (Å²) in [5.41, 5.74) is 3.55. The van der Waals surface area contributed by atoms with E-state index < -0.39 is 0 Å². The van der Waals surface area contributed by atoms with Crippen molar-refractivity contribution in [3.8, 4) is 0 Å². The minimum Gasteiger partial charge on any atom is -0.497 e. The first kappa shape index (κ1) is 8.85. The molecule has 12 heavy (non-hydrogen) atoms. The molecule has 0 heterocycles. The number of hydrogen-bond donors (Lipinski definition) is 0. The maximum Gasteiger partial charge on any atom is 0.119 e. The first-order chi connectivity index (χ1) is 5.66. The molecule has 1 heteroatoms. The number of rotatable bonds is 2. The van der Waals surface area contributed by atoms with E-state index in [1.54, 1.807) is 7.11 Å². The Morgan fingerprint density at radius 1 is 1.25 bits per heavy atom. The Morgan fingerprint density at radius 2 is 1.75 bits per heavy atom. The van der Waals surface area contributed by atoms with E-state index in [0.717, 1.165) is 11.3 Å². The molecule has 0 atom stereocenters. The third kappa shape index (κ3) is 1.50. The highest BCUT2D eigenvalue weighted by atomic mass is 16.5. The van der Waals surface area contributed by atoms with Gasteiger partial charge in [-0.15, -0.1) is 0 Å². The fourth-order valence-corrected chi connectivity index (χ4v) is 1.36. The highest BCUT2D eigenvalue weighted by Gasteiger charge is 2.04. The summed E-state index contributed by atoms with van der Waals surface area (Å²) in [6.45, 7) is 7.97. The van der Waals surface area contributed by atoms with Crippen LogP contribution in [0.3, 0.4) is 0 Å². The summed E-state index contributed by atoms with van der Waals surface area (Å²) in [6.07, 6.45) is 0. The minimum atomic E-state index is 0.741. The summed E-state index contributed by atoms with van der Waals surface area (Å²) in [6, 6.07) is 6.16. The van der Waals surface area contributed by atoms with Gasteiger partial charge in [0, 0.05) is 5.56 Å². The quantitative estimate of drug-likeness (QED) is 0.607. The molecule has 1 rings (SSSR count). The maximum absolute atomic E-state index is 5.10. The molecule has 0 aliphatic heterocycles. The van der Waals surface area contributed by atoms with Crippen molar-refractivity contribution in [1.82, 2.24) is 0 Å². The summed E-state index contributed by atoms with van der Waals surface area (Å²) in [5, 5.41) is 0. The number of methoxy groups -OCH3 is 1. The van der Waals surface area contributed by atoms with E-state index in [9.17, 15) is 0 Å². The van der Waals surface area contributed by atoms with Gasteiger partial charge in [-0.05, 0) is 25.0 Å². The predicted octanol–water partition coefficient (Wildman–Crippen LogP) is 2.92. The van der Waals surface area contributed by atoms with Crippen LogP contribution in [0.1, 0.15) is 16.7 Å². The fraction of sp³-hybridized carbons (Fsp3) is 0.273. The topological polar surface area (TPSA) is 9.23 Å². The van der Waals surface area contributed by atoms with Crippen LogP contribution in [0, 0.1) is 13.8 Å². The van der Waals surface area contributed by atoms with Crippen molar-refractivity contribution in [2.75, 3.05) is 7.11 Å². The molecule has 0 saturated carbocycles. The summed E-state index contributed by atoms with van der Waals surface area (Å²) in [4.78, 5) is 0. The van der Waals surface area contributed by atoms with E-state index in [4.69, 9.17) is 4.74 Å². The van der Waals surface area contributed by atoms with Crippen LogP contribution in [0.4, 0.5) is 0 Å². The van der Waals surface area contributed by atoms with Gasteiger partial charge in [-0.25, -0.2) is 0 Å². The zero-order valence-corrected chi connectivity index (χ0v) is 7.85. The molecular formula is C11H14O. The van der Waals surface area contributed by atoms with Crippen LogP contribution >= 0.6 is 0 Å². The molecule has 0 spiro atoms. The van der Waals surface area contributed by atoms with Gasteiger partial charge in [-0.2, -0.15) is 0 Å². The minimum absolute atomic E-state index is 0.741. The van der Waals surface area contributed by atoms with Crippen LogP contribution in [0.2, 0.25) is 0 Å². The van der Waals surface area contributed by atoms with Crippen molar-refractivity contribution in [2.45, 2.75) is 13.8 Å². The van der Waals surface area contributed by atoms with Crippen molar-refractivity contribution in [3.05, 3.63) is 41.5 Å². The summed E-state index contributed by atoms with van der Waals surface area (Å²) in [5.74, 6) is 0.741. The maximum atomic E-state index is 5.10. The van der Waals surface area contributed by atoms with Gasteiger partial charge >= 0.3 is 0 Å². The molecule has 0 N–H and O–H groups in total. The van der Waals surface area contributed by atoms with Crippen molar-refractivity contribution >= 4 is 5.76 Å². The largest absolute Gasteiger partial charge is 0.497 e. The van der Waals surface area contributed by atoms with Crippen LogP contribution in [-0.2, 0) is 4.74 Å². The van der Waals surface area contributed by atoms with Crippen LogP contribution in [0.15, 0.2) is 24.8 Å². The van der Waals surface area contributed by atoms with Crippen LogP contribution < -0.4 is 0 Å². The first-order valence-corrected chi connectivity index (χ1v) is 3.96. The Morgan fingerprint density at radius 3 is 2.17 bits per heavy atom. The van der Waals surface area contributed by atoms with Crippen LogP contribution in [0.25, 0.3) is 5.76 Å². The second kappa shape index (κ2) is 3.44. The van der Waals surface area contributed by atoms with Crippen molar-refractivity contribution < 1.29 is 4.74 Å². The molecule has 0 fully saturated rings. The van der Waals surface area contributed by atoms with E-state index in [-0.39, 0.29) is 0 Å². The molecule has 64 valence electrons. The predicted molar refractivity (Wildman–Crippen MR) is 52.0 cm³/mol. The van der Waals surface area contributed by atoms with Crippen molar-refractivity contribution in [2.24, 2.45) is 0 Å². The molecule has 0 saturated heterocycles. The van der Waals surface area contributed by atoms with Gasteiger partial charge in [0.05, 0.1) is 7.11 Å². The zero-order valence-electron chi connectivity index (χ0n) is 7.85. The highest BCUT2D eigenvalue weighted by Crippen LogP contribution is 2.21. The molecule has 0 aromatic heterocycles.